The Morgan fingerprint density at radius 2 is 1.50 bits per heavy atom. The van der Waals surface area contributed by atoms with Gasteiger partial charge in [-0.3, -0.25) is 9.59 Å². The molecule has 0 amide bonds. The summed E-state index contributed by atoms with van der Waals surface area (Å²) < 4.78 is 0. The molecule has 0 spiro atoms. The summed E-state index contributed by atoms with van der Waals surface area (Å²) in [7, 11) is 0. The lowest BCUT2D eigenvalue weighted by atomic mass is 9.93. The average molecular weight is 351 g/mol. The summed E-state index contributed by atoms with van der Waals surface area (Å²) in [6.07, 6.45) is 7.37. The van der Waals surface area contributed by atoms with E-state index >= 15 is 0 Å². The van der Waals surface area contributed by atoms with Gasteiger partial charge in [0, 0.05) is 11.0 Å². The standard InChI is InChI=1S/C11H15N.C10H6O4/c1-2-3-4-5-9-8-10-6-7-11(9)12-10;11-5-1-2-6(12)10-8(14)4-3-7(13)9(5)10/h6-8,12H,2-5H2,1H3;1-4,11-12H. The molecule has 2 bridgehead atoms. The van der Waals surface area contributed by atoms with Crippen molar-refractivity contribution in [1.29, 1.82) is 0 Å². The third kappa shape index (κ3) is 3.47. The van der Waals surface area contributed by atoms with Crippen LogP contribution in [-0.4, -0.2) is 26.8 Å². The lowest BCUT2D eigenvalue weighted by Gasteiger charge is -2.11. The maximum Gasteiger partial charge on any atom is 0.190 e. The number of hydrogen-bond donors (Lipinski definition) is 3. The van der Waals surface area contributed by atoms with Crippen molar-refractivity contribution in [1.82, 2.24) is 4.98 Å². The number of aryl methyl sites for hydroxylation is 1. The fraction of sp³-hybridized carbons (Fsp3) is 0.238. The number of aromatic amines is 1. The van der Waals surface area contributed by atoms with Crippen LogP contribution in [0.5, 0.6) is 11.5 Å². The van der Waals surface area contributed by atoms with E-state index in [9.17, 15) is 19.8 Å². The quantitative estimate of drug-likeness (QED) is 0.481. The van der Waals surface area contributed by atoms with Gasteiger partial charge < -0.3 is 15.2 Å². The molecule has 2 heterocycles. The van der Waals surface area contributed by atoms with Gasteiger partial charge in [-0.05, 0) is 60.9 Å². The summed E-state index contributed by atoms with van der Waals surface area (Å²) in [6.45, 7) is 2.25. The van der Waals surface area contributed by atoms with E-state index in [-0.39, 0.29) is 22.6 Å². The van der Waals surface area contributed by atoms with Crippen molar-refractivity contribution in [3.63, 3.8) is 0 Å². The van der Waals surface area contributed by atoms with Gasteiger partial charge in [-0.15, -0.1) is 0 Å². The predicted octanol–water partition coefficient (Wildman–Crippen LogP) is 4.37. The van der Waals surface area contributed by atoms with Crippen LogP contribution < -0.4 is 0 Å². The predicted molar refractivity (Wildman–Crippen MR) is 100 cm³/mol. The van der Waals surface area contributed by atoms with E-state index in [1.54, 1.807) is 0 Å². The van der Waals surface area contributed by atoms with Crippen molar-refractivity contribution in [3.8, 4) is 11.5 Å². The number of fused-ring (bicyclic) bond motifs is 3. The Hall–Kier alpha value is -3.08. The monoisotopic (exact) mass is 351 g/mol. The number of hydrogen-bond acceptors (Lipinski definition) is 4. The molecule has 0 radical (unpaired) electrons. The highest BCUT2D eigenvalue weighted by Gasteiger charge is 2.25. The first-order chi connectivity index (χ1) is 12.5. The number of nitrogens with one attached hydrogen (secondary N) is 1. The second-order valence-corrected chi connectivity index (χ2v) is 6.37. The number of aromatic nitrogens is 1. The molecule has 1 aliphatic rings. The highest BCUT2D eigenvalue weighted by molar-refractivity contribution is 6.24. The van der Waals surface area contributed by atoms with E-state index in [1.165, 1.54) is 54.4 Å². The zero-order valence-corrected chi connectivity index (χ0v) is 14.6. The number of phenols is 2. The normalized spacial score (nSPS) is 13.0. The molecule has 3 N–H and O–H groups in total. The second kappa shape index (κ2) is 7.44. The Balaban J connectivity index is 0.000000152. The third-order valence-corrected chi connectivity index (χ3v) is 4.47. The fourth-order valence-corrected chi connectivity index (χ4v) is 3.12. The number of benzene rings is 2. The van der Waals surface area contributed by atoms with Crippen LogP contribution in [0, 0.1) is 0 Å². The van der Waals surface area contributed by atoms with Crippen LogP contribution in [0.25, 0.3) is 11.0 Å². The minimum absolute atomic E-state index is 0.127. The van der Waals surface area contributed by atoms with Gasteiger partial charge in [-0.2, -0.15) is 0 Å². The molecule has 1 aliphatic carbocycles. The lowest BCUT2D eigenvalue weighted by molar-refractivity contribution is 0.0989. The molecule has 3 aromatic rings. The molecule has 134 valence electrons. The summed E-state index contributed by atoms with van der Waals surface area (Å²) in [6, 6.07) is 8.94. The minimum atomic E-state index is -0.479. The SMILES string of the molecule is CCCCCc1cc2ccc1[nH]2.O=C1C=CC(=O)c2c(O)ccc(O)c21. The van der Waals surface area contributed by atoms with Gasteiger partial charge in [0.15, 0.2) is 11.6 Å². The van der Waals surface area contributed by atoms with Crippen LogP contribution in [-0.2, 0) is 6.42 Å². The minimum Gasteiger partial charge on any atom is -0.507 e. The number of carbonyl (C=O) groups is 2. The summed E-state index contributed by atoms with van der Waals surface area (Å²) >= 11 is 0. The lowest BCUT2D eigenvalue weighted by Crippen LogP contribution is -2.11. The van der Waals surface area contributed by atoms with E-state index < -0.39 is 11.6 Å². The van der Waals surface area contributed by atoms with Crippen molar-refractivity contribution in [2.45, 2.75) is 32.6 Å². The first-order valence-electron chi connectivity index (χ1n) is 8.73. The number of unbranched alkanes of at least 4 members (excludes halogenated alkanes) is 2. The maximum absolute atomic E-state index is 11.3. The van der Waals surface area contributed by atoms with Crippen LogP contribution in [0.2, 0.25) is 0 Å². The van der Waals surface area contributed by atoms with E-state index in [1.807, 2.05) is 0 Å². The molecule has 0 atom stereocenters. The molecule has 5 heteroatoms. The van der Waals surface area contributed by atoms with Gasteiger partial charge in [-0.25, -0.2) is 0 Å². The molecular formula is C21H21NO4. The molecule has 26 heavy (non-hydrogen) atoms. The van der Waals surface area contributed by atoms with Gasteiger partial charge in [-0.1, -0.05) is 19.8 Å². The average Bonchev–Trinajstić information content (AvgIpc) is 3.24. The number of phenolic OH excluding ortho intramolecular Hbond substituents is 2. The van der Waals surface area contributed by atoms with Crippen molar-refractivity contribution in [2.75, 3.05) is 0 Å². The summed E-state index contributed by atoms with van der Waals surface area (Å²) in [5.74, 6) is -1.54. The largest absolute Gasteiger partial charge is 0.507 e. The Bertz CT molecular complexity index is 925. The zero-order valence-electron chi connectivity index (χ0n) is 14.6. The smallest absolute Gasteiger partial charge is 0.190 e. The number of rotatable bonds is 4. The van der Waals surface area contributed by atoms with Crippen LogP contribution in [0.1, 0.15) is 52.5 Å². The number of allylic oxidation sites excluding steroid dienone is 2. The van der Waals surface area contributed by atoms with E-state index in [0.717, 1.165) is 12.2 Å². The topological polar surface area (TPSA) is 90.4 Å². The first-order valence-corrected chi connectivity index (χ1v) is 8.73. The van der Waals surface area contributed by atoms with Crippen molar-refractivity contribution in [3.05, 3.63) is 59.2 Å². The molecule has 0 unspecified atom stereocenters. The number of ketones is 2. The van der Waals surface area contributed by atoms with E-state index in [4.69, 9.17) is 0 Å². The van der Waals surface area contributed by atoms with E-state index in [2.05, 4.69) is 30.1 Å². The van der Waals surface area contributed by atoms with Crippen molar-refractivity contribution >= 4 is 22.6 Å². The molecule has 2 aromatic heterocycles. The van der Waals surface area contributed by atoms with Crippen LogP contribution >= 0.6 is 0 Å². The second-order valence-electron chi connectivity index (χ2n) is 6.37. The Morgan fingerprint density at radius 1 is 0.885 bits per heavy atom. The summed E-state index contributed by atoms with van der Waals surface area (Å²) in [5, 5.41) is 18.7. The Labute approximate surface area is 151 Å². The fourth-order valence-electron chi connectivity index (χ4n) is 3.12. The Kier molecular flexibility index (Phi) is 5.07. The van der Waals surface area contributed by atoms with Crippen LogP contribution in [0.3, 0.4) is 0 Å². The highest BCUT2D eigenvalue weighted by Crippen LogP contribution is 2.32. The maximum atomic E-state index is 11.3. The summed E-state index contributed by atoms with van der Waals surface area (Å²) in [4.78, 5) is 25.9. The van der Waals surface area contributed by atoms with Crippen LogP contribution in [0.4, 0.5) is 0 Å². The molecule has 0 aliphatic heterocycles. The number of aromatic hydroxyl groups is 2. The van der Waals surface area contributed by atoms with Crippen LogP contribution in [0.15, 0.2) is 42.5 Å². The van der Waals surface area contributed by atoms with Gasteiger partial charge in [0.2, 0.25) is 0 Å². The highest BCUT2D eigenvalue weighted by atomic mass is 16.3. The van der Waals surface area contributed by atoms with Gasteiger partial charge in [0.1, 0.15) is 11.5 Å². The molecule has 1 aromatic carbocycles. The van der Waals surface area contributed by atoms with Crippen molar-refractivity contribution < 1.29 is 19.8 Å². The van der Waals surface area contributed by atoms with Gasteiger partial charge >= 0.3 is 0 Å². The Morgan fingerprint density at radius 3 is 1.96 bits per heavy atom. The molecule has 0 saturated carbocycles. The molecule has 0 saturated heterocycles. The first kappa shape index (κ1) is 17.7. The molecule has 5 nitrogen and oxygen atoms in total. The number of carbonyl (C=O) groups excluding carboxylic acids is 2. The van der Waals surface area contributed by atoms with Gasteiger partial charge in [0.05, 0.1) is 11.1 Å². The summed E-state index contributed by atoms with van der Waals surface area (Å²) in [5.41, 5.74) is 3.86. The molecular weight excluding hydrogens is 330 g/mol. The zero-order chi connectivity index (χ0) is 18.7. The van der Waals surface area contributed by atoms with E-state index in [0.29, 0.717) is 0 Å². The van der Waals surface area contributed by atoms with Crippen molar-refractivity contribution in [2.24, 2.45) is 0 Å². The third-order valence-electron chi connectivity index (χ3n) is 4.47. The molecule has 4 rings (SSSR count). The van der Waals surface area contributed by atoms with Gasteiger partial charge in [0.25, 0.3) is 0 Å². The number of H-pyrrole nitrogens is 1. The molecule has 0 fully saturated rings.